The molecule has 4 rings (SSSR count). The molecule has 2 aromatic carbocycles. The highest BCUT2D eigenvalue weighted by Gasteiger charge is 2.37. The highest BCUT2D eigenvalue weighted by molar-refractivity contribution is 5.97. The van der Waals surface area contributed by atoms with Gasteiger partial charge < -0.3 is 10.6 Å². The lowest BCUT2D eigenvalue weighted by atomic mass is 10.1. The molecule has 0 spiro atoms. The van der Waals surface area contributed by atoms with E-state index in [1.807, 2.05) is 6.07 Å². The largest absolute Gasteiger partial charge is 0.453 e. The summed E-state index contributed by atoms with van der Waals surface area (Å²) >= 11 is 0. The van der Waals surface area contributed by atoms with E-state index in [1.54, 1.807) is 54.6 Å². The van der Waals surface area contributed by atoms with Gasteiger partial charge in [0.05, 0.1) is 0 Å². The molecule has 0 aliphatic carbocycles. The minimum absolute atomic E-state index is 0.0575. The molecular formula is C20H15F3N6O. The SMILES string of the molecule is O=C(Nc1ccccc1)C(Nc1ccc2nnc(C(F)(F)F)n2n1)c1ccccc1. The lowest BCUT2D eigenvalue weighted by molar-refractivity contribution is -0.146. The summed E-state index contributed by atoms with van der Waals surface area (Å²) in [5.74, 6) is -1.58. The Balaban J connectivity index is 1.67. The summed E-state index contributed by atoms with van der Waals surface area (Å²) in [5.41, 5.74) is 1.15. The molecule has 4 aromatic rings. The Hall–Kier alpha value is -3.95. The molecule has 0 saturated heterocycles. The van der Waals surface area contributed by atoms with Gasteiger partial charge in [-0.3, -0.25) is 4.79 Å². The molecule has 0 fully saturated rings. The molecule has 1 unspecified atom stereocenters. The maximum atomic E-state index is 13.1. The second-order valence-electron chi connectivity index (χ2n) is 6.35. The molecule has 10 heteroatoms. The predicted molar refractivity (Wildman–Crippen MR) is 104 cm³/mol. The number of para-hydroxylation sites is 1. The van der Waals surface area contributed by atoms with Crippen LogP contribution < -0.4 is 10.6 Å². The van der Waals surface area contributed by atoms with E-state index in [2.05, 4.69) is 25.9 Å². The minimum atomic E-state index is -4.71. The van der Waals surface area contributed by atoms with Crippen molar-refractivity contribution in [2.75, 3.05) is 10.6 Å². The van der Waals surface area contributed by atoms with Crippen molar-refractivity contribution in [1.29, 1.82) is 0 Å². The van der Waals surface area contributed by atoms with Crippen molar-refractivity contribution in [2.45, 2.75) is 12.2 Å². The number of nitrogens with one attached hydrogen (secondary N) is 2. The number of anilines is 2. The predicted octanol–water partition coefficient (Wildman–Crippen LogP) is 3.94. The summed E-state index contributed by atoms with van der Waals surface area (Å²) in [6.45, 7) is 0. The molecule has 0 bridgehead atoms. The Kier molecular flexibility index (Phi) is 5.05. The number of carbonyl (C=O) groups excluding carboxylic acids is 1. The van der Waals surface area contributed by atoms with E-state index in [0.717, 1.165) is 0 Å². The Morgan fingerprint density at radius 1 is 0.900 bits per heavy atom. The summed E-state index contributed by atoms with van der Waals surface area (Å²) in [5, 5.41) is 16.3. The van der Waals surface area contributed by atoms with E-state index in [9.17, 15) is 18.0 Å². The zero-order chi connectivity index (χ0) is 21.1. The summed E-state index contributed by atoms with van der Waals surface area (Å²) in [6, 6.07) is 19.5. The van der Waals surface area contributed by atoms with E-state index in [1.165, 1.54) is 12.1 Å². The molecule has 7 nitrogen and oxygen atoms in total. The van der Waals surface area contributed by atoms with Crippen molar-refractivity contribution < 1.29 is 18.0 Å². The molecule has 30 heavy (non-hydrogen) atoms. The Morgan fingerprint density at radius 3 is 2.23 bits per heavy atom. The fourth-order valence-corrected chi connectivity index (χ4v) is 2.87. The van der Waals surface area contributed by atoms with E-state index in [0.29, 0.717) is 15.8 Å². The zero-order valence-corrected chi connectivity index (χ0v) is 15.3. The average Bonchev–Trinajstić information content (AvgIpc) is 3.17. The Morgan fingerprint density at radius 2 is 1.57 bits per heavy atom. The molecular weight excluding hydrogens is 397 g/mol. The van der Waals surface area contributed by atoms with Crippen LogP contribution in [0.4, 0.5) is 24.7 Å². The van der Waals surface area contributed by atoms with Crippen LogP contribution in [0.3, 0.4) is 0 Å². The van der Waals surface area contributed by atoms with Crippen LogP contribution in [0.15, 0.2) is 72.8 Å². The topological polar surface area (TPSA) is 84.2 Å². The van der Waals surface area contributed by atoms with Gasteiger partial charge in [0.15, 0.2) is 5.65 Å². The number of hydrogen-bond acceptors (Lipinski definition) is 5. The van der Waals surface area contributed by atoms with Crippen molar-refractivity contribution in [1.82, 2.24) is 19.8 Å². The molecule has 0 aliphatic rings. The maximum Gasteiger partial charge on any atom is 0.453 e. The van der Waals surface area contributed by atoms with Crippen LogP contribution in [-0.2, 0) is 11.0 Å². The molecule has 152 valence electrons. The first-order chi connectivity index (χ1) is 14.4. The molecule has 2 aromatic heterocycles. The average molecular weight is 412 g/mol. The van der Waals surface area contributed by atoms with E-state index >= 15 is 0 Å². The number of rotatable bonds is 5. The van der Waals surface area contributed by atoms with Crippen molar-refractivity contribution >= 4 is 23.1 Å². The zero-order valence-electron chi connectivity index (χ0n) is 15.3. The summed E-state index contributed by atoms with van der Waals surface area (Å²) < 4.78 is 40.0. The first-order valence-corrected chi connectivity index (χ1v) is 8.89. The second kappa shape index (κ2) is 7.82. The minimum Gasteiger partial charge on any atom is -0.353 e. The number of alkyl halides is 3. The summed E-state index contributed by atoms with van der Waals surface area (Å²) in [7, 11) is 0. The van der Waals surface area contributed by atoms with Crippen LogP contribution in [-0.4, -0.2) is 25.7 Å². The number of benzene rings is 2. The van der Waals surface area contributed by atoms with Gasteiger partial charge in [-0.2, -0.15) is 17.7 Å². The molecule has 1 atom stereocenters. The summed E-state index contributed by atoms with van der Waals surface area (Å²) in [6.07, 6.45) is -4.71. The van der Waals surface area contributed by atoms with Gasteiger partial charge in [-0.25, -0.2) is 0 Å². The number of nitrogens with zero attached hydrogens (tertiary/aromatic N) is 4. The van der Waals surface area contributed by atoms with E-state index in [-0.39, 0.29) is 11.5 Å². The van der Waals surface area contributed by atoms with Gasteiger partial charge in [-0.15, -0.1) is 15.3 Å². The molecule has 0 saturated carbocycles. The van der Waals surface area contributed by atoms with Crippen LogP contribution in [0, 0.1) is 0 Å². The smallest absolute Gasteiger partial charge is 0.353 e. The fourth-order valence-electron chi connectivity index (χ4n) is 2.87. The van der Waals surface area contributed by atoms with Crippen LogP contribution in [0.25, 0.3) is 5.65 Å². The van der Waals surface area contributed by atoms with Crippen molar-refractivity contribution in [3.63, 3.8) is 0 Å². The van der Waals surface area contributed by atoms with Gasteiger partial charge in [-0.05, 0) is 29.8 Å². The van der Waals surface area contributed by atoms with Crippen molar-refractivity contribution in [3.8, 4) is 0 Å². The molecule has 1 amide bonds. The number of halogens is 3. The molecule has 2 heterocycles. The van der Waals surface area contributed by atoms with E-state index < -0.39 is 23.9 Å². The van der Waals surface area contributed by atoms with Gasteiger partial charge in [-0.1, -0.05) is 48.5 Å². The Labute approximate surface area is 168 Å². The number of carbonyl (C=O) groups is 1. The first kappa shape index (κ1) is 19.4. The third kappa shape index (κ3) is 4.07. The van der Waals surface area contributed by atoms with Gasteiger partial charge in [0.1, 0.15) is 11.9 Å². The van der Waals surface area contributed by atoms with Crippen LogP contribution >= 0.6 is 0 Å². The monoisotopic (exact) mass is 412 g/mol. The number of aromatic nitrogens is 4. The third-order valence-electron chi connectivity index (χ3n) is 4.25. The number of amides is 1. The van der Waals surface area contributed by atoms with Crippen LogP contribution in [0.1, 0.15) is 17.4 Å². The quantitative estimate of drug-likeness (QED) is 0.519. The standard InChI is InChI=1S/C20H15F3N6O/c21-20(22,23)19-27-26-16-12-11-15(28-29(16)19)25-17(13-7-3-1-4-8-13)18(30)24-14-9-5-2-6-10-14/h1-12,17H,(H,24,30)(H,25,28). The molecule has 2 N–H and O–H groups in total. The Bertz CT molecular complexity index is 1160. The fraction of sp³-hybridized carbons (Fsp3) is 0.100. The van der Waals surface area contributed by atoms with Gasteiger partial charge in [0, 0.05) is 5.69 Å². The lowest BCUT2D eigenvalue weighted by Crippen LogP contribution is -2.28. The lowest BCUT2D eigenvalue weighted by Gasteiger charge is -2.19. The normalized spacial score (nSPS) is 12.5. The van der Waals surface area contributed by atoms with Gasteiger partial charge >= 0.3 is 6.18 Å². The highest BCUT2D eigenvalue weighted by atomic mass is 19.4. The maximum absolute atomic E-state index is 13.1. The molecule has 0 radical (unpaired) electrons. The number of hydrogen-bond donors (Lipinski definition) is 2. The first-order valence-electron chi connectivity index (χ1n) is 8.89. The van der Waals surface area contributed by atoms with E-state index in [4.69, 9.17) is 0 Å². The third-order valence-corrected chi connectivity index (χ3v) is 4.25. The van der Waals surface area contributed by atoms with Gasteiger partial charge in [0.25, 0.3) is 11.7 Å². The summed E-state index contributed by atoms with van der Waals surface area (Å²) in [4.78, 5) is 12.9. The van der Waals surface area contributed by atoms with Crippen molar-refractivity contribution in [2.24, 2.45) is 0 Å². The van der Waals surface area contributed by atoms with Crippen LogP contribution in [0.5, 0.6) is 0 Å². The van der Waals surface area contributed by atoms with Crippen LogP contribution in [0.2, 0.25) is 0 Å². The molecule has 0 aliphatic heterocycles. The van der Waals surface area contributed by atoms with Crippen molar-refractivity contribution in [3.05, 3.63) is 84.2 Å². The highest BCUT2D eigenvalue weighted by Crippen LogP contribution is 2.28. The second-order valence-corrected chi connectivity index (χ2v) is 6.35. The number of fused-ring (bicyclic) bond motifs is 1. The van der Waals surface area contributed by atoms with Gasteiger partial charge in [0.2, 0.25) is 0 Å².